The van der Waals surface area contributed by atoms with Crippen molar-refractivity contribution in [2.24, 2.45) is 0 Å². The molecule has 1 fully saturated rings. The number of anilines is 3. The highest BCUT2D eigenvalue weighted by atomic mass is 19.4. The third-order valence-corrected chi connectivity index (χ3v) is 4.71. The van der Waals surface area contributed by atoms with Gasteiger partial charge in [0.2, 0.25) is 5.91 Å². The highest BCUT2D eigenvalue weighted by Crippen LogP contribution is 2.36. The SMILES string of the molecule is O=C(CCNC(=O)Nc1ccccc1)Nc1cc(C(F)(F)F)ccc1N1CCCC1. The highest BCUT2D eigenvalue weighted by Gasteiger charge is 2.32. The number of rotatable bonds is 6. The van der Waals surface area contributed by atoms with Crippen molar-refractivity contribution in [2.75, 3.05) is 35.2 Å². The minimum atomic E-state index is -4.50. The summed E-state index contributed by atoms with van der Waals surface area (Å²) < 4.78 is 39.3. The largest absolute Gasteiger partial charge is 0.416 e. The standard InChI is InChI=1S/C21H23F3N4O2/c22-21(23,24)15-8-9-18(28-12-4-5-13-28)17(14-15)27-19(29)10-11-25-20(30)26-16-6-2-1-3-7-16/h1-3,6-9,14H,4-5,10-13H2,(H,27,29)(H2,25,26,30). The lowest BCUT2D eigenvalue weighted by Gasteiger charge is -2.23. The van der Waals surface area contributed by atoms with E-state index in [1.54, 1.807) is 24.3 Å². The van der Waals surface area contributed by atoms with Gasteiger partial charge in [0.25, 0.3) is 0 Å². The Morgan fingerprint density at radius 1 is 0.967 bits per heavy atom. The molecule has 0 aromatic heterocycles. The minimum absolute atomic E-state index is 0.0442. The molecule has 0 spiro atoms. The molecule has 1 aliphatic rings. The van der Waals surface area contributed by atoms with E-state index in [1.807, 2.05) is 11.0 Å². The van der Waals surface area contributed by atoms with Crippen molar-refractivity contribution in [2.45, 2.75) is 25.4 Å². The smallest absolute Gasteiger partial charge is 0.370 e. The van der Waals surface area contributed by atoms with Crippen LogP contribution in [0.1, 0.15) is 24.8 Å². The molecule has 3 N–H and O–H groups in total. The number of hydrogen-bond acceptors (Lipinski definition) is 3. The summed E-state index contributed by atoms with van der Waals surface area (Å²) in [6.45, 7) is 1.51. The van der Waals surface area contributed by atoms with Gasteiger partial charge < -0.3 is 20.9 Å². The van der Waals surface area contributed by atoms with Crippen LogP contribution >= 0.6 is 0 Å². The monoisotopic (exact) mass is 420 g/mol. The fraction of sp³-hybridized carbons (Fsp3) is 0.333. The van der Waals surface area contributed by atoms with Crippen LogP contribution in [0.3, 0.4) is 0 Å². The average Bonchev–Trinajstić information content (AvgIpc) is 3.22. The van der Waals surface area contributed by atoms with Crippen LogP contribution in [0.15, 0.2) is 48.5 Å². The molecule has 3 amide bonds. The van der Waals surface area contributed by atoms with E-state index in [4.69, 9.17) is 0 Å². The number of carbonyl (C=O) groups is 2. The molecule has 9 heteroatoms. The van der Waals surface area contributed by atoms with Crippen molar-refractivity contribution < 1.29 is 22.8 Å². The number of halogens is 3. The highest BCUT2D eigenvalue weighted by molar-refractivity contribution is 5.95. The van der Waals surface area contributed by atoms with Gasteiger partial charge in [-0.1, -0.05) is 18.2 Å². The molecular weight excluding hydrogens is 397 g/mol. The molecule has 1 heterocycles. The fourth-order valence-electron chi connectivity index (χ4n) is 3.25. The molecule has 2 aromatic carbocycles. The number of urea groups is 1. The van der Waals surface area contributed by atoms with Gasteiger partial charge >= 0.3 is 12.2 Å². The summed E-state index contributed by atoms with van der Waals surface area (Å²) in [6, 6.07) is 11.7. The molecule has 0 atom stereocenters. The summed E-state index contributed by atoms with van der Waals surface area (Å²) in [5, 5.41) is 7.75. The van der Waals surface area contributed by atoms with E-state index in [1.165, 1.54) is 6.07 Å². The normalized spacial score (nSPS) is 13.8. The van der Waals surface area contributed by atoms with Crippen molar-refractivity contribution in [3.8, 4) is 0 Å². The van der Waals surface area contributed by atoms with Gasteiger partial charge in [-0.3, -0.25) is 4.79 Å². The van der Waals surface area contributed by atoms with E-state index < -0.39 is 23.7 Å². The van der Waals surface area contributed by atoms with Gasteiger partial charge in [0.05, 0.1) is 16.9 Å². The number of hydrogen-bond donors (Lipinski definition) is 3. The predicted octanol–water partition coefficient (Wildman–Crippen LogP) is 4.46. The summed E-state index contributed by atoms with van der Waals surface area (Å²) >= 11 is 0. The number of benzene rings is 2. The van der Waals surface area contributed by atoms with Crippen LogP contribution in [0.25, 0.3) is 0 Å². The Bertz CT molecular complexity index is 882. The Morgan fingerprint density at radius 2 is 1.67 bits per heavy atom. The van der Waals surface area contributed by atoms with Gasteiger partial charge in [0, 0.05) is 31.7 Å². The lowest BCUT2D eigenvalue weighted by atomic mass is 10.1. The van der Waals surface area contributed by atoms with E-state index in [0.29, 0.717) is 11.4 Å². The van der Waals surface area contributed by atoms with Gasteiger partial charge in [0.1, 0.15) is 0 Å². The first-order chi connectivity index (χ1) is 14.3. The Hall–Kier alpha value is -3.23. The van der Waals surface area contributed by atoms with Gasteiger partial charge in [-0.05, 0) is 43.2 Å². The molecule has 0 saturated carbocycles. The van der Waals surface area contributed by atoms with Crippen LogP contribution in [0.2, 0.25) is 0 Å². The first kappa shape index (κ1) is 21.5. The fourth-order valence-corrected chi connectivity index (χ4v) is 3.25. The van der Waals surface area contributed by atoms with Crippen molar-refractivity contribution in [3.05, 3.63) is 54.1 Å². The summed E-state index contributed by atoms with van der Waals surface area (Å²) in [6.07, 6.45) is -2.66. The molecule has 3 rings (SSSR count). The molecule has 0 unspecified atom stereocenters. The number of nitrogens with one attached hydrogen (secondary N) is 3. The number of amides is 3. The topological polar surface area (TPSA) is 73.5 Å². The molecule has 0 bridgehead atoms. The predicted molar refractivity (Wildman–Crippen MR) is 110 cm³/mol. The first-order valence-electron chi connectivity index (χ1n) is 9.69. The Kier molecular flexibility index (Phi) is 6.81. The van der Waals surface area contributed by atoms with Crippen molar-refractivity contribution >= 4 is 29.0 Å². The summed E-state index contributed by atoms with van der Waals surface area (Å²) in [4.78, 5) is 26.1. The lowest BCUT2D eigenvalue weighted by Crippen LogP contribution is -2.31. The third kappa shape index (κ3) is 5.88. The number of alkyl halides is 3. The van der Waals surface area contributed by atoms with Crippen molar-refractivity contribution in [3.63, 3.8) is 0 Å². The lowest BCUT2D eigenvalue weighted by molar-refractivity contribution is -0.137. The zero-order valence-corrected chi connectivity index (χ0v) is 16.3. The molecule has 0 aliphatic carbocycles. The summed E-state index contributed by atoms with van der Waals surface area (Å²) in [5.74, 6) is -0.477. The molecule has 1 aliphatic heterocycles. The van der Waals surface area contributed by atoms with Crippen LogP contribution in [-0.2, 0) is 11.0 Å². The van der Waals surface area contributed by atoms with Crippen LogP contribution in [-0.4, -0.2) is 31.6 Å². The van der Waals surface area contributed by atoms with Crippen LogP contribution < -0.4 is 20.9 Å². The van der Waals surface area contributed by atoms with Crippen LogP contribution in [0, 0.1) is 0 Å². The Morgan fingerprint density at radius 3 is 2.33 bits per heavy atom. The van der Waals surface area contributed by atoms with Crippen molar-refractivity contribution in [1.82, 2.24) is 5.32 Å². The minimum Gasteiger partial charge on any atom is -0.370 e. The zero-order valence-electron chi connectivity index (χ0n) is 16.3. The molecule has 2 aromatic rings. The second-order valence-electron chi connectivity index (χ2n) is 6.97. The second kappa shape index (κ2) is 9.51. The molecular formula is C21H23F3N4O2. The quantitative estimate of drug-likeness (QED) is 0.646. The van der Waals surface area contributed by atoms with E-state index in [0.717, 1.165) is 38.1 Å². The molecule has 1 saturated heterocycles. The Balaban J connectivity index is 1.58. The molecule has 6 nitrogen and oxygen atoms in total. The second-order valence-corrected chi connectivity index (χ2v) is 6.97. The average molecular weight is 420 g/mol. The molecule has 30 heavy (non-hydrogen) atoms. The van der Waals surface area contributed by atoms with Gasteiger partial charge in [0.15, 0.2) is 0 Å². The zero-order chi connectivity index (χ0) is 21.6. The van der Waals surface area contributed by atoms with Crippen LogP contribution in [0.5, 0.6) is 0 Å². The summed E-state index contributed by atoms with van der Waals surface area (Å²) in [7, 11) is 0. The third-order valence-electron chi connectivity index (χ3n) is 4.71. The van der Waals surface area contributed by atoms with Crippen LogP contribution in [0.4, 0.5) is 35.0 Å². The molecule has 0 radical (unpaired) electrons. The number of para-hydroxylation sites is 1. The maximum atomic E-state index is 13.1. The van der Waals surface area contributed by atoms with E-state index in [9.17, 15) is 22.8 Å². The molecule has 160 valence electrons. The summed E-state index contributed by atoms with van der Waals surface area (Å²) in [5.41, 5.74) is 0.494. The maximum Gasteiger partial charge on any atom is 0.416 e. The Labute approximate surface area is 172 Å². The van der Waals surface area contributed by atoms with E-state index in [2.05, 4.69) is 16.0 Å². The van der Waals surface area contributed by atoms with E-state index in [-0.39, 0.29) is 18.7 Å². The van der Waals surface area contributed by atoms with E-state index >= 15 is 0 Å². The maximum absolute atomic E-state index is 13.1. The van der Waals surface area contributed by atoms with Crippen molar-refractivity contribution in [1.29, 1.82) is 0 Å². The number of nitrogens with zero attached hydrogens (tertiary/aromatic N) is 1. The van der Waals surface area contributed by atoms with Gasteiger partial charge in [-0.15, -0.1) is 0 Å². The van der Waals surface area contributed by atoms with Gasteiger partial charge in [-0.2, -0.15) is 13.2 Å². The van der Waals surface area contributed by atoms with Gasteiger partial charge in [-0.25, -0.2) is 4.79 Å². The first-order valence-corrected chi connectivity index (χ1v) is 9.69. The number of carbonyl (C=O) groups excluding carboxylic acids is 2.